The number of nitrogens with one attached hydrogen (secondary N) is 1. The molecule has 2 aromatic heterocycles. The first-order valence-electron chi connectivity index (χ1n) is 10.8. The number of fused-ring (bicyclic) bond motifs is 7. The lowest BCUT2D eigenvalue weighted by Gasteiger charge is -2.10. The van der Waals surface area contributed by atoms with E-state index < -0.39 is 0 Å². The molecule has 0 aliphatic heterocycles. The van der Waals surface area contributed by atoms with Crippen LogP contribution in [0.5, 0.6) is 0 Å². The lowest BCUT2D eigenvalue weighted by Crippen LogP contribution is -1.94. The molecule has 1 aliphatic rings. The summed E-state index contributed by atoms with van der Waals surface area (Å²) >= 11 is 0. The standard InChI is InChI=1S/C29H20N2/c1-2-7-19(8-3-1)20-13-15-21(16-14-20)31-27-12-5-4-9-23(27)25-18-17-24-22-10-6-11-26(22)30-28(24)29(25)31/h1-9,11-18,30H,10H2. The van der Waals surface area contributed by atoms with E-state index in [-0.39, 0.29) is 0 Å². The summed E-state index contributed by atoms with van der Waals surface area (Å²) in [6, 6.07) is 32.8. The van der Waals surface area contributed by atoms with Crippen LogP contribution in [0.4, 0.5) is 0 Å². The van der Waals surface area contributed by atoms with Crippen molar-refractivity contribution in [1.82, 2.24) is 9.55 Å². The van der Waals surface area contributed by atoms with Crippen LogP contribution in [-0.4, -0.2) is 9.55 Å². The molecule has 2 heteroatoms. The van der Waals surface area contributed by atoms with E-state index >= 15 is 0 Å². The van der Waals surface area contributed by atoms with Crippen LogP contribution in [0.1, 0.15) is 11.3 Å². The predicted molar refractivity (Wildman–Crippen MR) is 131 cm³/mol. The molecule has 4 aromatic carbocycles. The summed E-state index contributed by atoms with van der Waals surface area (Å²) < 4.78 is 2.41. The second-order valence-electron chi connectivity index (χ2n) is 8.27. The molecule has 31 heavy (non-hydrogen) atoms. The molecule has 146 valence electrons. The van der Waals surface area contributed by atoms with Crippen molar-refractivity contribution < 1.29 is 0 Å². The molecule has 0 saturated carbocycles. The highest BCUT2D eigenvalue weighted by Gasteiger charge is 2.19. The molecule has 2 nitrogen and oxygen atoms in total. The number of nitrogens with zero attached hydrogens (tertiary/aromatic N) is 1. The predicted octanol–water partition coefficient (Wildman–Crippen LogP) is 7.50. The molecular weight excluding hydrogens is 376 g/mol. The van der Waals surface area contributed by atoms with E-state index in [9.17, 15) is 0 Å². The highest BCUT2D eigenvalue weighted by molar-refractivity contribution is 6.18. The fourth-order valence-corrected chi connectivity index (χ4v) is 5.15. The van der Waals surface area contributed by atoms with Crippen LogP contribution in [0.3, 0.4) is 0 Å². The third-order valence-electron chi connectivity index (χ3n) is 6.59. The minimum absolute atomic E-state index is 1.01. The van der Waals surface area contributed by atoms with E-state index in [0.29, 0.717) is 0 Å². The molecular formula is C29H20N2. The van der Waals surface area contributed by atoms with E-state index in [1.54, 1.807) is 0 Å². The van der Waals surface area contributed by atoms with E-state index in [0.717, 1.165) is 6.42 Å². The first-order valence-corrected chi connectivity index (χ1v) is 10.8. The zero-order chi connectivity index (χ0) is 20.4. The number of H-pyrrole nitrogens is 1. The molecule has 1 aliphatic carbocycles. The Kier molecular flexibility index (Phi) is 3.36. The van der Waals surface area contributed by atoms with Gasteiger partial charge in [0.1, 0.15) is 0 Å². The largest absolute Gasteiger partial charge is 0.353 e. The Morgan fingerprint density at radius 2 is 1.39 bits per heavy atom. The highest BCUT2D eigenvalue weighted by atomic mass is 15.0. The molecule has 0 unspecified atom stereocenters. The van der Waals surface area contributed by atoms with Crippen molar-refractivity contribution in [3.8, 4) is 16.8 Å². The first kappa shape index (κ1) is 16.7. The smallest absolute Gasteiger partial charge is 0.0783 e. The normalized spacial score (nSPS) is 12.9. The molecule has 0 spiro atoms. The third-order valence-corrected chi connectivity index (χ3v) is 6.59. The van der Waals surface area contributed by atoms with Crippen molar-refractivity contribution in [2.75, 3.05) is 0 Å². The van der Waals surface area contributed by atoms with Crippen LogP contribution in [-0.2, 0) is 6.42 Å². The first-order chi connectivity index (χ1) is 15.4. The molecule has 0 radical (unpaired) electrons. The quantitative estimate of drug-likeness (QED) is 0.313. The van der Waals surface area contributed by atoms with Gasteiger partial charge in [0.15, 0.2) is 0 Å². The van der Waals surface area contributed by atoms with Crippen molar-refractivity contribution >= 4 is 38.8 Å². The Balaban J connectivity index is 1.54. The van der Waals surface area contributed by atoms with Crippen LogP contribution in [0.15, 0.2) is 97.1 Å². The number of allylic oxidation sites excluding steroid dienone is 1. The van der Waals surface area contributed by atoms with Crippen LogP contribution < -0.4 is 0 Å². The summed E-state index contributed by atoms with van der Waals surface area (Å²) in [7, 11) is 0. The molecule has 2 heterocycles. The van der Waals surface area contributed by atoms with Gasteiger partial charge in [-0.15, -0.1) is 0 Å². The van der Waals surface area contributed by atoms with Gasteiger partial charge in [0.2, 0.25) is 0 Å². The molecule has 0 atom stereocenters. The SMILES string of the molecule is C1=Cc2[nH]c3c(ccc4c5ccccc5n(-c5ccc(-c6ccccc6)cc5)c43)c2C1. The van der Waals surface area contributed by atoms with Gasteiger partial charge in [0.25, 0.3) is 0 Å². The Morgan fingerprint density at radius 1 is 0.645 bits per heavy atom. The van der Waals surface area contributed by atoms with Crippen molar-refractivity contribution in [3.05, 3.63) is 108 Å². The monoisotopic (exact) mass is 396 g/mol. The fourth-order valence-electron chi connectivity index (χ4n) is 5.15. The lowest BCUT2D eigenvalue weighted by atomic mass is 10.1. The number of para-hydroxylation sites is 1. The van der Waals surface area contributed by atoms with Crippen LogP contribution >= 0.6 is 0 Å². The zero-order valence-electron chi connectivity index (χ0n) is 17.0. The zero-order valence-corrected chi connectivity index (χ0v) is 17.0. The van der Waals surface area contributed by atoms with Gasteiger partial charge in [-0.3, -0.25) is 0 Å². The minimum Gasteiger partial charge on any atom is -0.353 e. The number of hydrogen-bond donors (Lipinski definition) is 1. The Labute approximate surface area is 180 Å². The maximum Gasteiger partial charge on any atom is 0.0783 e. The van der Waals surface area contributed by atoms with E-state index in [1.807, 2.05) is 0 Å². The van der Waals surface area contributed by atoms with Gasteiger partial charge in [-0.2, -0.15) is 0 Å². The van der Waals surface area contributed by atoms with Gasteiger partial charge in [0.05, 0.1) is 16.6 Å². The van der Waals surface area contributed by atoms with Crippen molar-refractivity contribution in [2.45, 2.75) is 6.42 Å². The third kappa shape index (κ3) is 2.33. The Bertz CT molecular complexity index is 1630. The summed E-state index contributed by atoms with van der Waals surface area (Å²) in [6.45, 7) is 0. The average Bonchev–Trinajstić information content (AvgIpc) is 3.51. The van der Waals surface area contributed by atoms with Crippen LogP contribution in [0, 0.1) is 0 Å². The fraction of sp³-hybridized carbons (Fsp3) is 0.0345. The molecule has 1 N–H and O–H groups in total. The summed E-state index contributed by atoms with van der Waals surface area (Å²) in [6.07, 6.45) is 5.46. The van der Waals surface area contributed by atoms with Gasteiger partial charge in [-0.1, -0.05) is 78.9 Å². The Morgan fingerprint density at radius 3 is 2.26 bits per heavy atom. The van der Waals surface area contributed by atoms with Gasteiger partial charge >= 0.3 is 0 Å². The maximum absolute atomic E-state index is 3.72. The number of rotatable bonds is 2. The average molecular weight is 396 g/mol. The van der Waals surface area contributed by atoms with Crippen molar-refractivity contribution in [1.29, 1.82) is 0 Å². The molecule has 6 aromatic rings. The van der Waals surface area contributed by atoms with Crippen LogP contribution in [0.2, 0.25) is 0 Å². The Hall–Kier alpha value is -4.04. The topological polar surface area (TPSA) is 20.7 Å². The molecule has 0 bridgehead atoms. The van der Waals surface area contributed by atoms with Crippen molar-refractivity contribution in [2.24, 2.45) is 0 Å². The highest BCUT2D eigenvalue weighted by Crippen LogP contribution is 2.39. The number of aromatic amines is 1. The van der Waals surface area contributed by atoms with Gasteiger partial charge in [-0.25, -0.2) is 0 Å². The van der Waals surface area contributed by atoms with Crippen LogP contribution in [0.25, 0.3) is 55.6 Å². The molecule has 0 saturated heterocycles. The lowest BCUT2D eigenvalue weighted by molar-refractivity contribution is 1.18. The second kappa shape index (κ2) is 6.23. The summed E-state index contributed by atoms with van der Waals surface area (Å²) in [5.41, 5.74) is 10.0. The van der Waals surface area contributed by atoms with Gasteiger partial charge in [-0.05, 0) is 47.4 Å². The number of aromatic nitrogens is 2. The number of hydrogen-bond acceptors (Lipinski definition) is 0. The van der Waals surface area contributed by atoms with Crippen molar-refractivity contribution in [3.63, 3.8) is 0 Å². The van der Waals surface area contributed by atoms with E-state index in [2.05, 4.69) is 113 Å². The second-order valence-corrected chi connectivity index (χ2v) is 8.27. The van der Waals surface area contributed by atoms with Gasteiger partial charge in [0, 0.05) is 27.5 Å². The summed E-state index contributed by atoms with van der Waals surface area (Å²) in [5, 5.41) is 3.91. The molecule has 7 rings (SSSR count). The van der Waals surface area contributed by atoms with E-state index in [1.165, 1.54) is 60.8 Å². The molecule has 0 amide bonds. The summed E-state index contributed by atoms with van der Waals surface area (Å²) in [5.74, 6) is 0. The summed E-state index contributed by atoms with van der Waals surface area (Å²) in [4.78, 5) is 3.72. The molecule has 0 fully saturated rings. The number of benzene rings is 4. The minimum atomic E-state index is 1.01. The van der Waals surface area contributed by atoms with Gasteiger partial charge < -0.3 is 9.55 Å². The van der Waals surface area contributed by atoms with E-state index in [4.69, 9.17) is 0 Å². The maximum atomic E-state index is 3.72.